The Morgan fingerprint density at radius 2 is 0.839 bits per heavy atom. The molecular formula is C44H60O12. The van der Waals surface area contributed by atoms with Gasteiger partial charge in [-0.3, -0.25) is 0 Å². The van der Waals surface area contributed by atoms with Gasteiger partial charge in [-0.05, 0) is 82.3 Å². The van der Waals surface area contributed by atoms with E-state index in [1.807, 2.05) is 18.2 Å². The van der Waals surface area contributed by atoms with E-state index in [-0.39, 0.29) is 13.2 Å². The molecule has 4 aromatic rings. The number of aliphatic hydroxyl groups excluding tert-OH is 1. The minimum absolute atomic E-state index is 0.0240. The van der Waals surface area contributed by atoms with E-state index in [4.69, 9.17) is 57.2 Å². The molecule has 0 saturated carbocycles. The maximum absolute atomic E-state index is 9.04. The van der Waals surface area contributed by atoms with Gasteiger partial charge in [-0.2, -0.15) is 0 Å². The first-order valence-electron chi connectivity index (χ1n) is 19.2. The summed E-state index contributed by atoms with van der Waals surface area (Å²) in [6.07, 6.45) is 0. The SMILES string of the molecule is COCCOCCOc1ccc(-c2cc(C)cc3c(-c4ccc(OCCOCCOC)c(OCCOCCOC)c4)cc(C)cc23)cc1COCCOCCO. The van der Waals surface area contributed by atoms with Crippen LogP contribution in [0.4, 0.5) is 0 Å². The second-order valence-corrected chi connectivity index (χ2v) is 13.0. The van der Waals surface area contributed by atoms with Gasteiger partial charge < -0.3 is 57.2 Å². The van der Waals surface area contributed by atoms with Crippen LogP contribution in [-0.2, 0) is 44.5 Å². The molecule has 12 nitrogen and oxygen atoms in total. The van der Waals surface area contributed by atoms with Crippen LogP contribution in [0.3, 0.4) is 0 Å². The lowest BCUT2D eigenvalue weighted by Crippen LogP contribution is -2.12. The summed E-state index contributed by atoms with van der Waals surface area (Å²) in [7, 11) is 4.95. The van der Waals surface area contributed by atoms with E-state index in [1.54, 1.807) is 21.3 Å². The van der Waals surface area contributed by atoms with E-state index in [2.05, 4.69) is 56.3 Å². The van der Waals surface area contributed by atoms with Crippen LogP contribution >= 0.6 is 0 Å². The number of hydrogen-bond acceptors (Lipinski definition) is 12. The topological polar surface area (TPSA) is 122 Å². The van der Waals surface area contributed by atoms with Crippen molar-refractivity contribution in [3.63, 3.8) is 0 Å². The maximum Gasteiger partial charge on any atom is 0.161 e. The maximum atomic E-state index is 9.04. The highest BCUT2D eigenvalue weighted by Gasteiger charge is 2.16. The summed E-state index contributed by atoms with van der Waals surface area (Å²) in [5.41, 5.74) is 7.40. The normalized spacial score (nSPS) is 11.4. The Labute approximate surface area is 331 Å². The molecule has 0 heterocycles. The van der Waals surface area contributed by atoms with Gasteiger partial charge in [0.15, 0.2) is 11.5 Å². The van der Waals surface area contributed by atoms with E-state index >= 15 is 0 Å². The smallest absolute Gasteiger partial charge is 0.161 e. The van der Waals surface area contributed by atoms with E-state index < -0.39 is 0 Å². The van der Waals surface area contributed by atoms with Crippen molar-refractivity contribution in [3.05, 3.63) is 77.4 Å². The molecule has 1 N–H and O–H groups in total. The van der Waals surface area contributed by atoms with Crippen molar-refractivity contribution in [1.29, 1.82) is 0 Å². The Hall–Kier alpha value is -3.82. The van der Waals surface area contributed by atoms with Crippen LogP contribution < -0.4 is 14.2 Å². The Morgan fingerprint density at radius 3 is 1.38 bits per heavy atom. The largest absolute Gasteiger partial charge is 0.491 e. The summed E-state index contributed by atoms with van der Waals surface area (Å²) in [6, 6.07) is 21.2. The second kappa shape index (κ2) is 26.2. The summed E-state index contributed by atoms with van der Waals surface area (Å²) in [5.74, 6) is 1.99. The lowest BCUT2D eigenvalue weighted by atomic mass is 9.89. The predicted octanol–water partition coefficient (Wildman–Crippen LogP) is 6.44. The van der Waals surface area contributed by atoms with Gasteiger partial charge in [0.1, 0.15) is 25.6 Å². The monoisotopic (exact) mass is 780 g/mol. The summed E-state index contributed by atoms with van der Waals surface area (Å²) in [5, 5.41) is 11.3. The molecule has 0 spiro atoms. The van der Waals surface area contributed by atoms with Crippen molar-refractivity contribution >= 4 is 10.8 Å². The van der Waals surface area contributed by atoms with Gasteiger partial charge in [0.2, 0.25) is 0 Å². The number of fused-ring (bicyclic) bond motifs is 1. The van der Waals surface area contributed by atoms with Gasteiger partial charge in [-0.1, -0.05) is 36.4 Å². The van der Waals surface area contributed by atoms with Crippen molar-refractivity contribution in [2.24, 2.45) is 0 Å². The summed E-state index contributed by atoms with van der Waals surface area (Å²) >= 11 is 0. The summed E-state index contributed by atoms with van der Waals surface area (Å²) in [6.45, 7) is 11.1. The molecule has 308 valence electrons. The van der Waals surface area contributed by atoms with Crippen LogP contribution in [-0.4, -0.2) is 132 Å². The van der Waals surface area contributed by atoms with E-state index in [0.29, 0.717) is 111 Å². The van der Waals surface area contributed by atoms with E-state index in [0.717, 1.165) is 55.5 Å². The number of benzene rings is 4. The molecular weight excluding hydrogens is 720 g/mol. The van der Waals surface area contributed by atoms with Gasteiger partial charge in [-0.15, -0.1) is 0 Å². The van der Waals surface area contributed by atoms with Crippen LogP contribution in [0.5, 0.6) is 17.2 Å². The molecule has 0 aromatic heterocycles. The molecule has 0 fully saturated rings. The molecule has 12 heteroatoms. The Balaban J connectivity index is 1.66. The molecule has 4 aromatic carbocycles. The zero-order valence-corrected chi connectivity index (χ0v) is 33.7. The van der Waals surface area contributed by atoms with E-state index in [1.165, 1.54) is 0 Å². The number of rotatable bonds is 30. The number of aliphatic hydroxyl groups is 1. The van der Waals surface area contributed by atoms with Crippen molar-refractivity contribution in [3.8, 4) is 39.5 Å². The quantitative estimate of drug-likeness (QED) is 0.0587. The molecule has 0 amide bonds. The first-order valence-corrected chi connectivity index (χ1v) is 19.2. The Kier molecular flexibility index (Phi) is 21.0. The first kappa shape index (κ1) is 44.9. The fraction of sp³-hybridized carbons (Fsp3) is 0.500. The minimum Gasteiger partial charge on any atom is -0.491 e. The van der Waals surface area contributed by atoms with Crippen LogP contribution in [0.1, 0.15) is 16.7 Å². The van der Waals surface area contributed by atoms with Crippen molar-refractivity contribution in [1.82, 2.24) is 0 Å². The van der Waals surface area contributed by atoms with Gasteiger partial charge >= 0.3 is 0 Å². The number of ether oxygens (including phenoxy) is 11. The van der Waals surface area contributed by atoms with Crippen LogP contribution in [0.25, 0.3) is 33.0 Å². The lowest BCUT2D eigenvalue weighted by Gasteiger charge is -2.18. The minimum atomic E-state index is -0.0240. The molecule has 0 aliphatic rings. The van der Waals surface area contributed by atoms with Gasteiger partial charge in [0.25, 0.3) is 0 Å². The van der Waals surface area contributed by atoms with Gasteiger partial charge in [0, 0.05) is 26.9 Å². The van der Waals surface area contributed by atoms with Gasteiger partial charge in [-0.25, -0.2) is 0 Å². The lowest BCUT2D eigenvalue weighted by molar-refractivity contribution is 0.0263. The van der Waals surface area contributed by atoms with Crippen LogP contribution in [0, 0.1) is 13.8 Å². The second-order valence-electron chi connectivity index (χ2n) is 13.0. The zero-order chi connectivity index (χ0) is 39.8. The molecule has 0 aliphatic carbocycles. The number of methoxy groups -OCH3 is 3. The first-order chi connectivity index (χ1) is 27.5. The number of hydrogen-bond donors (Lipinski definition) is 1. The Morgan fingerprint density at radius 1 is 0.411 bits per heavy atom. The standard InChI is InChI=1S/C44H60O12/c1-33-26-38(35-6-8-42(54-23-20-50-15-12-46-3)37(30-35)32-53-19-18-49-11-10-45)40-28-34(2)27-39(41(40)29-33)36-7-9-43(55-24-21-51-16-13-47-4)44(31-36)56-25-22-52-17-14-48-5/h6-9,26-31,45H,10-25,32H2,1-5H3. The van der Waals surface area contributed by atoms with Crippen molar-refractivity contribution in [2.45, 2.75) is 20.5 Å². The third kappa shape index (κ3) is 14.9. The molecule has 0 aliphatic heterocycles. The fourth-order valence-corrected chi connectivity index (χ4v) is 5.97. The average molecular weight is 781 g/mol. The highest BCUT2D eigenvalue weighted by Crippen LogP contribution is 2.40. The summed E-state index contributed by atoms with van der Waals surface area (Å²) < 4.78 is 62.1. The molecule has 56 heavy (non-hydrogen) atoms. The molecule has 0 atom stereocenters. The highest BCUT2D eigenvalue weighted by molar-refractivity contribution is 6.05. The zero-order valence-electron chi connectivity index (χ0n) is 33.7. The van der Waals surface area contributed by atoms with Crippen molar-refractivity contribution in [2.75, 3.05) is 127 Å². The predicted molar refractivity (Wildman–Crippen MR) is 216 cm³/mol. The van der Waals surface area contributed by atoms with Crippen LogP contribution in [0.15, 0.2) is 60.7 Å². The Bertz CT molecular complexity index is 1590. The third-order valence-corrected chi connectivity index (χ3v) is 8.60. The molecule has 0 unspecified atom stereocenters. The van der Waals surface area contributed by atoms with E-state index in [9.17, 15) is 0 Å². The number of aryl methyl sites for hydroxylation is 2. The average Bonchev–Trinajstić information content (AvgIpc) is 3.20. The summed E-state index contributed by atoms with van der Waals surface area (Å²) in [4.78, 5) is 0. The molecule has 0 bridgehead atoms. The molecule has 4 rings (SSSR count). The third-order valence-electron chi connectivity index (χ3n) is 8.60. The van der Waals surface area contributed by atoms with Gasteiger partial charge in [0.05, 0.1) is 92.5 Å². The fourth-order valence-electron chi connectivity index (χ4n) is 5.97. The van der Waals surface area contributed by atoms with Crippen LogP contribution in [0.2, 0.25) is 0 Å². The highest BCUT2D eigenvalue weighted by atomic mass is 16.6. The molecule has 0 saturated heterocycles. The van der Waals surface area contributed by atoms with Crippen molar-refractivity contribution < 1.29 is 57.2 Å². The molecule has 0 radical (unpaired) electrons.